The number of nitrogens with two attached hydrogens (primary N) is 1. The van der Waals surface area contributed by atoms with Crippen LogP contribution in [0, 0.1) is 5.41 Å². The third-order valence-corrected chi connectivity index (χ3v) is 3.41. The third-order valence-electron chi connectivity index (χ3n) is 3.41. The summed E-state index contributed by atoms with van der Waals surface area (Å²) in [5.41, 5.74) is 5.58. The van der Waals surface area contributed by atoms with E-state index in [1.807, 2.05) is 13.8 Å². The van der Waals surface area contributed by atoms with Gasteiger partial charge < -0.3 is 16.2 Å². The summed E-state index contributed by atoms with van der Waals surface area (Å²) in [6.45, 7) is 3.88. The molecule has 0 aliphatic heterocycles. The van der Waals surface area contributed by atoms with E-state index in [4.69, 9.17) is 10.8 Å². The first-order valence-electron chi connectivity index (χ1n) is 6.23. The second-order valence-electron chi connectivity index (χ2n) is 4.47. The van der Waals surface area contributed by atoms with Crippen molar-refractivity contribution in [1.82, 2.24) is 9.78 Å². The minimum atomic E-state index is -0.987. The highest BCUT2D eigenvalue weighted by Crippen LogP contribution is 2.26. The maximum absolute atomic E-state index is 12.2. The molecule has 0 atom stereocenters. The van der Waals surface area contributed by atoms with Gasteiger partial charge in [-0.2, -0.15) is 5.10 Å². The molecule has 1 aromatic rings. The van der Waals surface area contributed by atoms with Crippen molar-refractivity contribution in [2.75, 3.05) is 11.9 Å². The molecule has 7 nitrogen and oxygen atoms in total. The van der Waals surface area contributed by atoms with Crippen LogP contribution >= 0.6 is 0 Å². The van der Waals surface area contributed by atoms with E-state index in [0.717, 1.165) is 0 Å². The highest BCUT2D eigenvalue weighted by molar-refractivity contribution is 5.95. The fourth-order valence-corrected chi connectivity index (χ4v) is 1.87. The van der Waals surface area contributed by atoms with E-state index in [1.54, 1.807) is 0 Å². The van der Waals surface area contributed by atoms with Gasteiger partial charge in [0.15, 0.2) is 0 Å². The molecule has 0 aromatic carbocycles. The molecule has 1 rings (SSSR count). The Kier molecular flexibility index (Phi) is 5.05. The summed E-state index contributed by atoms with van der Waals surface area (Å²) in [4.78, 5) is 22.7. The number of nitrogens with zero attached hydrogens (tertiary/aromatic N) is 2. The molecule has 0 radical (unpaired) electrons. The van der Waals surface area contributed by atoms with E-state index >= 15 is 0 Å². The van der Waals surface area contributed by atoms with Crippen LogP contribution in [0.25, 0.3) is 0 Å². The molecule has 19 heavy (non-hydrogen) atoms. The van der Waals surface area contributed by atoms with Crippen molar-refractivity contribution in [2.45, 2.75) is 33.2 Å². The third kappa shape index (κ3) is 3.54. The van der Waals surface area contributed by atoms with Crippen LogP contribution in [0.5, 0.6) is 0 Å². The number of nitrogens with one attached hydrogen (secondary N) is 1. The molecule has 7 heteroatoms. The smallest absolute Gasteiger partial charge is 0.325 e. The van der Waals surface area contributed by atoms with Crippen LogP contribution in [-0.2, 0) is 16.1 Å². The molecule has 0 aliphatic rings. The van der Waals surface area contributed by atoms with Crippen LogP contribution in [0.15, 0.2) is 12.4 Å². The number of carboxylic acid groups (broad SMARTS) is 1. The first-order chi connectivity index (χ1) is 8.97. The first kappa shape index (κ1) is 15.2. The van der Waals surface area contributed by atoms with Crippen molar-refractivity contribution in [2.24, 2.45) is 11.1 Å². The largest absolute Gasteiger partial charge is 0.480 e. The maximum Gasteiger partial charge on any atom is 0.325 e. The minimum absolute atomic E-state index is 0.158. The van der Waals surface area contributed by atoms with Crippen LogP contribution in [0.3, 0.4) is 0 Å². The van der Waals surface area contributed by atoms with E-state index in [1.165, 1.54) is 17.1 Å². The van der Waals surface area contributed by atoms with Crippen LogP contribution in [-0.4, -0.2) is 33.3 Å². The Morgan fingerprint density at radius 1 is 1.47 bits per heavy atom. The Bertz CT molecular complexity index is 443. The average Bonchev–Trinajstić information content (AvgIpc) is 2.78. The molecular formula is C12H20N4O3. The molecule has 106 valence electrons. The van der Waals surface area contributed by atoms with Gasteiger partial charge in [0.25, 0.3) is 0 Å². The lowest BCUT2D eigenvalue weighted by Crippen LogP contribution is -2.41. The number of carbonyl (C=O) groups is 2. The Hall–Kier alpha value is -1.89. The van der Waals surface area contributed by atoms with Gasteiger partial charge in [-0.25, -0.2) is 0 Å². The number of hydrogen-bond donors (Lipinski definition) is 3. The number of aromatic nitrogens is 2. The van der Waals surface area contributed by atoms with Gasteiger partial charge in [0.05, 0.1) is 17.3 Å². The van der Waals surface area contributed by atoms with Crippen LogP contribution < -0.4 is 11.1 Å². The van der Waals surface area contributed by atoms with E-state index < -0.39 is 11.4 Å². The number of rotatable bonds is 7. The summed E-state index contributed by atoms with van der Waals surface area (Å²) in [6.07, 6.45) is 4.20. The van der Waals surface area contributed by atoms with Gasteiger partial charge in [-0.3, -0.25) is 14.3 Å². The zero-order chi connectivity index (χ0) is 14.5. The fourth-order valence-electron chi connectivity index (χ4n) is 1.87. The summed E-state index contributed by atoms with van der Waals surface area (Å²) in [6, 6.07) is 0. The van der Waals surface area contributed by atoms with Gasteiger partial charge in [0.2, 0.25) is 5.91 Å². The van der Waals surface area contributed by atoms with Crippen LogP contribution in [0.1, 0.15) is 26.7 Å². The summed E-state index contributed by atoms with van der Waals surface area (Å²) >= 11 is 0. The van der Waals surface area contributed by atoms with E-state index in [-0.39, 0.29) is 19.0 Å². The summed E-state index contributed by atoms with van der Waals surface area (Å²) < 4.78 is 1.25. The topological polar surface area (TPSA) is 110 Å². The highest BCUT2D eigenvalue weighted by Gasteiger charge is 2.33. The van der Waals surface area contributed by atoms with Gasteiger partial charge in [0.1, 0.15) is 6.54 Å². The van der Waals surface area contributed by atoms with Crippen molar-refractivity contribution in [3.63, 3.8) is 0 Å². The second-order valence-corrected chi connectivity index (χ2v) is 4.47. The molecule has 1 heterocycles. The second kappa shape index (κ2) is 6.33. The van der Waals surface area contributed by atoms with Gasteiger partial charge >= 0.3 is 5.97 Å². The normalized spacial score (nSPS) is 11.3. The molecule has 0 saturated heterocycles. The molecule has 0 fully saturated rings. The Morgan fingerprint density at radius 2 is 2.11 bits per heavy atom. The highest BCUT2D eigenvalue weighted by atomic mass is 16.4. The minimum Gasteiger partial charge on any atom is -0.480 e. The van der Waals surface area contributed by atoms with E-state index in [0.29, 0.717) is 18.5 Å². The number of amides is 1. The fraction of sp³-hybridized carbons (Fsp3) is 0.583. The zero-order valence-electron chi connectivity index (χ0n) is 11.2. The molecule has 4 N–H and O–H groups in total. The van der Waals surface area contributed by atoms with Crippen LogP contribution in [0.2, 0.25) is 0 Å². The Balaban J connectivity index is 2.76. The number of hydrogen-bond acceptors (Lipinski definition) is 4. The Morgan fingerprint density at radius 3 is 2.58 bits per heavy atom. The number of aliphatic carboxylic acids is 1. The van der Waals surface area contributed by atoms with Gasteiger partial charge in [-0.1, -0.05) is 13.8 Å². The predicted octanol–water partition coefficient (Wildman–Crippen LogP) is 0.671. The number of carbonyl (C=O) groups excluding carboxylic acids is 1. The first-order valence-corrected chi connectivity index (χ1v) is 6.23. The van der Waals surface area contributed by atoms with Crippen molar-refractivity contribution in [3.05, 3.63) is 12.4 Å². The SMILES string of the molecule is CCC(CC)(CN)C(=O)Nc1cnn(CC(=O)O)c1. The quantitative estimate of drug-likeness (QED) is 0.673. The maximum atomic E-state index is 12.2. The van der Waals surface area contributed by atoms with E-state index in [2.05, 4.69) is 10.4 Å². The molecule has 0 bridgehead atoms. The van der Waals surface area contributed by atoms with Gasteiger partial charge in [-0.05, 0) is 12.8 Å². The zero-order valence-corrected chi connectivity index (χ0v) is 11.2. The molecule has 0 spiro atoms. The monoisotopic (exact) mass is 268 g/mol. The molecule has 0 unspecified atom stereocenters. The molecule has 1 aromatic heterocycles. The number of carboxylic acids is 1. The van der Waals surface area contributed by atoms with Crippen LogP contribution in [0.4, 0.5) is 5.69 Å². The van der Waals surface area contributed by atoms with Gasteiger partial charge in [-0.15, -0.1) is 0 Å². The summed E-state index contributed by atoms with van der Waals surface area (Å²) in [5.74, 6) is -1.14. The van der Waals surface area contributed by atoms with E-state index in [9.17, 15) is 9.59 Å². The lowest BCUT2D eigenvalue weighted by molar-refractivity contribution is -0.137. The summed E-state index contributed by atoms with van der Waals surface area (Å²) in [7, 11) is 0. The molecule has 0 aliphatic carbocycles. The van der Waals surface area contributed by atoms with Crippen molar-refractivity contribution < 1.29 is 14.7 Å². The van der Waals surface area contributed by atoms with Crippen molar-refractivity contribution in [3.8, 4) is 0 Å². The van der Waals surface area contributed by atoms with Crippen molar-refractivity contribution >= 4 is 17.6 Å². The standard InChI is InChI=1S/C12H20N4O3/c1-3-12(4-2,8-13)11(19)15-9-5-14-16(6-9)7-10(17)18/h5-6H,3-4,7-8,13H2,1-2H3,(H,15,19)(H,17,18). The number of anilines is 1. The summed E-state index contributed by atoms with van der Waals surface area (Å²) in [5, 5.41) is 15.2. The molecular weight excluding hydrogens is 248 g/mol. The molecule has 0 saturated carbocycles. The van der Waals surface area contributed by atoms with Crippen molar-refractivity contribution in [1.29, 1.82) is 0 Å². The van der Waals surface area contributed by atoms with Gasteiger partial charge in [0, 0.05) is 12.7 Å². The lowest BCUT2D eigenvalue weighted by atomic mass is 9.81. The Labute approximate surface area is 111 Å². The molecule has 1 amide bonds. The average molecular weight is 268 g/mol. The predicted molar refractivity (Wildman–Crippen MR) is 70.6 cm³/mol. The lowest BCUT2D eigenvalue weighted by Gasteiger charge is -2.28.